The number of piperidine rings is 1. The van der Waals surface area contributed by atoms with Crippen molar-refractivity contribution < 1.29 is 4.74 Å². The van der Waals surface area contributed by atoms with Gasteiger partial charge in [0.2, 0.25) is 0 Å². The van der Waals surface area contributed by atoms with Crippen LogP contribution in [0.3, 0.4) is 0 Å². The average molecular weight is 361 g/mol. The highest BCUT2D eigenvalue weighted by atomic mass is 79.9. The molecule has 0 unspecified atom stereocenters. The van der Waals surface area contributed by atoms with Crippen molar-refractivity contribution >= 4 is 27.5 Å². The molecule has 0 spiro atoms. The molecule has 2 nitrogen and oxygen atoms in total. The minimum absolute atomic E-state index is 0.671. The maximum atomic E-state index is 6.12. The normalized spacial score (nSPS) is 20.1. The van der Waals surface area contributed by atoms with Crippen molar-refractivity contribution in [1.82, 2.24) is 4.90 Å². The van der Waals surface area contributed by atoms with Gasteiger partial charge in [0.15, 0.2) is 0 Å². The predicted molar refractivity (Wildman–Crippen MR) is 88.7 cm³/mol. The summed E-state index contributed by atoms with van der Waals surface area (Å²) in [6, 6.07) is 5.74. The van der Waals surface area contributed by atoms with Gasteiger partial charge < -0.3 is 9.64 Å². The molecule has 0 aromatic heterocycles. The van der Waals surface area contributed by atoms with Crippen LogP contribution in [0.15, 0.2) is 22.7 Å². The van der Waals surface area contributed by atoms with E-state index in [1.165, 1.54) is 38.9 Å². The van der Waals surface area contributed by atoms with Crippen LogP contribution in [0.25, 0.3) is 0 Å². The number of nitrogens with zero attached hydrogens (tertiary/aromatic N) is 1. The van der Waals surface area contributed by atoms with E-state index in [1.807, 2.05) is 18.2 Å². The molecule has 2 rings (SSSR count). The highest BCUT2D eigenvalue weighted by molar-refractivity contribution is 9.10. The van der Waals surface area contributed by atoms with Gasteiger partial charge in [-0.3, -0.25) is 0 Å². The van der Waals surface area contributed by atoms with Crippen LogP contribution in [0.1, 0.15) is 32.6 Å². The van der Waals surface area contributed by atoms with Crippen molar-refractivity contribution in [3.8, 4) is 5.75 Å². The standard InChI is InChI=1S/C16H23BrClNO/c1-13-5-4-9-19(12-13)8-2-3-10-20-16-7-6-14(17)11-15(16)18/h6-7,11,13H,2-5,8-10,12H2,1H3/t13-/m0/s1. The fourth-order valence-electron chi connectivity index (χ4n) is 2.70. The van der Waals surface area contributed by atoms with E-state index < -0.39 is 0 Å². The van der Waals surface area contributed by atoms with Gasteiger partial charge in [-0.05, 0) is 62.9 Å². The monoisotopic (exact) mass is 359 g/mol. The highest BCUT2D eigenvalue weighted by Crippen LogP contribution is 2.27. The van der Waals surface area contributed by atoms with Crippen molar-refractivity contribution in [2.45, 2.75) is 32.6 Å². The van der Waals surface area contributed by atoms with Gasteiger partial charge in [0.25, 0.3) is 0 Å². The van der Waals surface area contributed by atoms with Crippen LogP contribution in [0.2, 0.25) is 5.02 Å². The molecule has 0 radical (unpaired) electrons. The summed E-state index contributed by atoms with van der Waals surface area (Å²) >= 11 is 9.51. The largest absolute Gasteiger partial charge is 0.492 e. The SMILES string of the molecule is C[C@H]1CCCN(CCCCOc2ccc(Br)cc2Cl)C1. The van der Waals surface area contributed by atoms with E-state index in [1.54, 1.807) is 0 Å². The Morgan fingerprint density at radius 2 is 2.25 bits per heavy atom. The first-order valence-corrected chi connectivity index (χ1v) is 8.62. The maximum absolute atomic E-state index is 6.12. The van der Waals surface area contributed by atoms with Crippen LogP contribution in [0.5, 0.6) is 5.75 Å². The molecule has 20 heavy (non-hydrogen) atoms. The first kappa shape index (κ1) is 16.1. The Kier molecular flexibility index (Phi) is 6.66. The van der Waals surface area contributed by atoms with Crippen LogP contribution in [-0.2, 0) is 0 Å². The molecular formula is C16H23BrClNO. The summed E-state index contributed by atoms with van der Waals surface area (Å²) in [5.74, 6) is 1.64. The van der Waals surface area contributed by atoms with Gasteiger partial charge in [-0.2, -0.15) is 0 Å². The molecule has 0 saturated carbocycles. The summed E-state index contributed by atoms with van der Waals surface area (Å²) in [5.41, 5.74) is 0. The number of rotatable bonds is 6. The molecule has 1 aromatic rings. The Morgan fingerprint density at radius 3 is 3.00 bits per heavy atom. The highest BCUT2D eigenvalue weighted by Gasteiger charge is 2.15. The Balaban J connectivity index is 1.61. The summed E-state index contributed by atoms with van der Waals surface area (Å²) < 4.78 is 6.71. The van der Waals surface area contributed by atoms with E-state index in [2.05, 4.69) is 27.8 Å². The van der Waals surface area contributed by atoms with Crippen molar-refractivity contribution in [2.75, 3.05) is 26.2 Å². The summed E-state index contributed by atoms with van der Waals surface area (Å²) in [7, 11) is 0. The molecule has 0 bridgehead atoms. The van der Waals surface area contributed by atoms with Gasteiger partial charge in [-0.25, -0.2) is 0 Å². The smallest absolute Gasteiger partial charge is 0.137 e. The second-order valence-electron chi connectivity index (χ2n) is 5.68. The lowest BCUT2D eigenvalue weighted by molar-refractivity contribution is 0.177. The van der Waals surface area contributed by atoms with Gasteiger partial charge in [0.1, 0.15) is 5.75 Å². The lowest BCUT2D eigenvalue weighted by Crippen LogP contribution is -2.35. The van der Waals surface area contributed by atoms with Crippen molar-refractivity contribution in [3.63, 3.8) is 0 Å². The van der Waals surface area contributed by atoms with E-state index in [0.717, 1.165) is 29.2 Å². The molecule has 0 N–H and O–H groups in total. The van der Waals surface area contributed by atoms with E-state index in [4.69, 9.17) is 16.3 Å². The Labute approximate surface area is 135 Å². The molecule has 1 fully saturated rings. The number of benzene rings is 1. The molecule has 112 valence electrons. The Hall–Kier alpha value is -0.250. The molecule has 1 aromatic carbocycles. The van der Waals surface area contributed by atoms with Crippen molar-refractivity contribution in [1.29, 1.82) is 0 Å². The third-order valence-electron chi connectivity index (χ3n) is 3.76. The topological polar surface area (TPSA) is 12.5 Å². The minimum Gasteiger partial charge on any atom is -0.492 e. The quantitative estimate of drug-likeness (QED) is 0.662. The van der Waals surface area contributed by atoms with Crippen LogP contribution in [0, 0.1) is 5.92 Å². The molecule has 1 saturated heterocycles. The lowest BCUT2D eigenvalue weighted by Gasteiger charge is -2.30. The summed E-state index contributed by atoms with van der Waals surface area (Å²) in [5, 5.41) is 0.671. The lowest BCUT2D eigenvalue weighted by atomic mass is 10.0. The van der Waals surface area contributed by atoms with Crippen LogP contribution < -0.4 is 4.74 Å². The molecule has 1 aliphatic heterocycles. The molecular weight excluding hydrogens is 338 g/mol. The van der Waals surface area contributed by atoms with Gasteiger partial charge >= 0.3 is 0 Å². The zero-order chi connectivity index (χ0) is 14.4. The second-order valence-corrected chi connectivity index (χ2v) is 7.00. The number of halogens is 2. The Bertz CT molecular complexity index is 427. The predicted octanol–water partition coefficient (Wildman–Crippen LogP) is 4.99. The summed E-state index contributed by atoms with van der Waals surface area (Å²) in [6.45, 7) is 6.82. The van der Waals surface area contributed by atoms with E-state index in [9.17, 15) is 0 Å². The second kappa shape index (κ2) is 8.26. The van der Waals surface area contributed by atoms with Crippen LogP contribution >= 0.6 is 27.5 Å². The first-order valence-electron chi connectivity index (χ1n) is 7.45. The third kappa shape index (κ3) is 5.27. The first-order chi connectivity index (χ1) is 9.65. The van der Waals surface area contributed by atoms with E-state index in [0.29, 0.717) is 5.02 Å². The maximum Gasteiger partial charge on any atom is 0.137 e. The van der Waals surface area contributed by atoms with Crippen LogP contribution in [-0.4, -0.2) is 31.1 Å². The number of hydrogen-bond acceptors (Lipinski definition) is 2. The van der Waals surface area contributed by atoms with E-state index >= 15 is 0 Å². The zero-order valence-corrected chi connectivity index (χ0v) is 14.4. The van der Waals surface area contributed by atoms with Crippen molar-refractivity contribution in [3.05, 3.63) is 27.7 Å². The summed E-state index contributed by atoms with van der Waals surface area (Å²) in [4.78, 5) is 2.58. The minimum atomic E-state index is 0.671. The molecule has 0 aliphatic carbocycles. The zero-order valence-electron chi connectivity index (χ0n) is 12.1. The van der Waals surface area contributed by atoms with Crippen molar-refractivity contribution in [2.24, 2.45) is 5.92 Å². The molecule has 1 aliphatic rings. The number of ether oxygens (including phenoxy) is 1. The average Bonchev–Trinajstić information content (AvgIpc) is 2.41. The fraction of sp³-hybridized carbons (Fsp3) is 0.625. The van der Waals surface area contributed by atoms with Gasteiger partial charge in [0, 0.05) is 11.0 Å². The molecule has 0 amide bonds. The molecule has 4 heteroatoms. The van der Waals surface area contributed by atoms with Gasteiger partial charge in [0.05, 0.1) is 11.6 Å². The molecule has 1 atom stereocenters. The van der Waals surface area contributed by atoms with Crippen LogP contribution in [0.4, 0.5) is 0 Å². The molecule has 1 heterocycles. The number of unbranched alkanes of at least 4 members (excludes halogenated alkanes) is 1. The van der Waals surface area contributed by atoms with Gasteiger partial charge in [-0.15, -0.1) is 0 Å². The summed E-state index contributed by atoms with van der Waals surface area (Å²) in [6.07, 6.45) is 5.02. The van der Waals surface area contributed by atoms with E-state index in [-0.39, 0.29) is 0 Å². The van der Waals surface area contributed by atoms with Gasteiger partial charge in [-0.1, -0.05) is 34.5 Å². The number of hydrogen-bond donors (Lipinski definition) is 0. The number of likely N-dealkylation sites (tertiary alicyclic amines) is 1. The fourth-order valence-corrected chi connectivity index (χ4v) is 3.43. The Morgan fingerprint density at radius 1 is 1.40 bits per heavy atom. The third-order valence-corrected chi connectivity index (χ3v) is 4.55.